The van der Waals surface area contributed by atoms with Gasteiger partial charge in [0.05, 0.1) is 23.7 Å². The highest BCUT2D eigenvalue weighted by Crippen LogP contribution is 2.52. The van der Waals surface area contributed by atoms with Crippen molar-refractivity contribution in [2.45, 2.75) is 52.1 Å². The normalized spacial score (nSPS) is 26.9. The molecule has 0 saturated carbocycles. The molecule has 3 aliphatic heterocycles. The molecule has 3 saturated heterocycles. The van der Waals surface area contributed by atoms with Gasteiger partial charge >= 0.3 is 6.09 Å². The summed E-state index contributed by atoms with van der Waals surface area (Å²) >= 11 is 6.37. The second kappa shape index (κ2) is 8.72. The van der Waals surface area contributed by atoms with Gasteiger partial charge in [0.15, 0.2) is 0 Å². The van der Waals surface area contributed by atoms with Gasteiger partial charge < -0.3 is 14.7 Å². The van der Waals surface area contributed by atoms with Gasteiger partial charge in [-0.3, -0.25) is 4.90 Å². The Bertz CT molecular complexity index is 1110. The van der Waals surface area contributed by atoms with Crippen molar-refractivity contribution in [2.24, 2.45) is 11.3 Å². The Morgan fingerprint density at radius 2 is 2.00 bits per heavy atom. The average Bonchev–Trinajstić information content (AvgIpc) is 3.05. The van der Waals surface area contributed by atoms with Crippen LogP contribution in [0.15, 0.2) is 30.3 Å². The quantitative estimate of drug-likeness (QED) is 0.543. The zero-order valence-corrected chi connectivity index (χ0v) is 20.7. The maximum absolute atomic E-state index is 15.5. The summed E-state index contributed by atoms with van der Waals surface area (Å²) in [4.78, 5) is 16.7. The van der Waals surface area contributed by atoms with E-state index in [1.807, 2.05) is 19.1 Å². The minimum absolute atomic E-state index is 0.0529. The first-order chi connectivity index (χ1) is 16.2. The molecule has 1 aliphatic carbocycles. The molecule has 1 amide bonds. The van der Waals surface area contributed by atoms with Crippen LogP contribution in [0, 0.1) is 17.2 Å². The zero-order chi connectivity index (χ0) is 24.2. The first-order valence-corrected chi connectivity index (χ1v) is 12.6. The first kappa shape index (κ1) is 23.4. The fraction of sp³-hybridized carbons (Fsp3) is 0.519. The molecule has 2 bridgehead atoms. The van der Waals surface area contributed by atoms with Crippen LogP contribution in [0.3, 0.4) is 0 Å². The van der Waals surface area contributed by atoms with Crippen LogP contribution >= 0.6 is 11.6 Å². The molecular formula is C27H32ClFN2O3. The number of carbonyl (C=O) groups is 1. The lowest BCUT2D eigenvalue weighted by Gasteiger charge is -2.51. The van der Waals surface area contributed by atoms with Crippen molar-refractivity contribution in [3.05, 3.63) is 52.3 Å². The second-order valence-corrected chi connectivity index (χ2v) is 11.0. The van der Waals surface area contributed by atoms with Gasteiger partial charge in [-0.2, -0.15) is 0 Å². The lowest BCUT2D eigenvalue weighted by Crippen LogP contribution is -2.60. The van der Waals surface area contributed by atoms with Crippen LogP contribution in [0.5, 0.6) is 5.75 Å². The number of halogens is 2. The Morgan fingerprint density at radius 3 is 2.59 bits per heavy atom. The van der Waals surface area contributed by atoms with Crippen LogP contribution < -0.4 is 4.74 Å². The van der Waals surface area contributed by atoms with Gasteiger partial charge in [0.1, 0.15) is 11.6 Å². The molecule has 7 heteroatoms. The molecule has 0 radical (unpaired) electrons. The summed E-state index contributed by atoms with van der Waals surface area (Å²) in [6, 6.07) is 8.32. The highest BCUT2D eigenvalue weighted by atomic mass is 35.5. The molecule has 3 fully saturated rings. The molecule has 0 spiro atoms. The fourth-order valence-electron chi connectivity index (χ4n) is 6.43. The van der Waals surface area contributed by atoms with Gasteiger partial charge in [0.2, 0.25) is 0 Å². The lowest BCUT2D eigenvalue weighted by atomic mass is 9.79. The second-order valence-electron chi connectivity index (χ2n) is 10.6. The SMILES string of the molecule is CCOc1ccc(-c2cc3c(cc2F)[C@H](N(C(=O)O)[C@@H]2CN4CCC2CC4)C(C)(C)C3)cc1Cl. The molecule has 1 N–H and O–H groups in total. The molecule has 182 valence electrons. The van der Waals surface area contributed by atoms with Crippen molar-refractivity contribution in [1.82, 2.24) is 9.80 Å². The summed E-state index contributed by atoms with van der Waals surface area (Å²) in [6.45, 7) is 9.44. The number of carboxylic acid groups (broad SMARTS) is 1. The number of fused-ring (bicyclic) bond motifs is 4. The Hall–Kier alpha value is -2.31. The molecule has 3 heterocycles. The summed E-state index contributed by atoms with van der Waals surface area (Å²) in [7, 11) is 0. The monoisotopic (exact) mass is 486 g/mol. The van der Waals surface area contributed by atoms with E-state index in [0.29, 0.717) is 40.8 Å². The third kappa shape index (κ3) is 3.95. The largest absolute Gasteiger partial charge is 0.492 e. The van der Waals surface area contributed by atoms with Crippen molar-refractivity contribution in [2.75, 3.05) is 26.2 Å². The predicted octanol–water partition coefficient (Wildman–Crippen LogP) is 6.24. The number of benzene rings is 2. The number of rotatable bonds is 5. The molecular weight excluding hydrogens is 455 g/mol. The highest BCUT2D eigenvalue weighted by Gasteiger charge is 2.50. The third-order valence-electron chi connectivity index (χ3n) is 7.93. The number of hydrogen-bond donors (Lipinski definition) is 1. The standard InChI is InChI=1S/C27H32ClFN2O3/c1-4-34-24-6-5-17(12-21(24)28)19-11-18-14-27(2,3)25(20(18)13-22(19)29)31(26(32)33)23-15-30-9-7-16(23)8-10-30/h5-6,11-13,16,23,25H,4,7-10,14-15H2,1-3H3,(H,32,33)/t23-,25+/m1/s1. The molecule has 5 nitrogen and oxygen atoms in total. The Labute approximate surface area is 205 Å². The van der Waals surface area contributed by atoms with Crippen LogP contribution in [-0.2, 0) is 6.42 Å². The van der Waals surface area contributed by atoms with Crippen LogP contribution in [0.2, 0.25) is 5.02 Å². The fourth-order valence-corrected chi connectivity index (χ4v) is 6.67. The highest BCUT2D eigenvalue weighted by molar-refractivity contribution is 6.32. The summed E-state index contributed by atoms with van der Waals surface area (Å²) in [5, 5.41) is 10.8. The zero-order valence-electron chi connectivity index (χ0n) is 20.0. The molecule has 34 heavy (non-hydrogen) atoms. The molecule has 2 aromatic carbocycles. The number of piperidine rings is 3. The van der Waals surface area contributed by atoms with E-state index in [9.17, 15) is 9.90 Å². The van der Waals surface area contributed by atoms with Gasteiger partial charge in [0, 0.05) is 12.1 Å². The van der Waals surface area contributed by atoms with Crippen molar-refractivity contribution in [3.63, 3.8) is 0 Å². The average molecular weight is 487 g/mol. The van der Waals surface area contributed by atoms with Crippen LogP contribution in [-0.4, -0.2) is 53.3 Å². The smallest absolute Gasteiger partial charge is 0.408 e. The summed E-state index contributed by atoms with van der Waals surface area (Å²) < 4.78 is 21.1. The first-order valence-electron chi connectivity index (χ1n) is 12.2. The summed E-state index contributed by atoms with van der Waals surface area (Å²) in [6.07, 6.45) is 1.84. The predicted molar refractivity (Wildman–Crippen MR) is 131 cm³/mol. The Balaban J connectivity index is 1.54. The van der Waals surface area contributed by atoms with Gasteiger partial charge in [-0.05, 0) is 91.6 Å². The number of nitrogens with zero attached hydrogens (tertiary/aromatic N) is 2. The minimum Gasteiger partial charge on any atom is -0.492 e. The van der Waals surface area contributed by atoms with Crippen LogP contribution in [0.1, 0.15) is 50.8 Å². The van der Waals surface area contributed by atoms with Crippen molar-refractivity contribution in [3.8, 4) is 16.9 Å². The summed E-state index contributed by atoms with van der Waals surface area (Å²) in [5.41, 5.74) is 2.62. The third-order valence-corrected chi connectivity index (χ3v) is 8.23. The molecule has 0 aromatic heterocycles. The van der Waals surface area contributed by atoms with E-state index >= 15 is 4.39 Å². The van der Waals surface area contributed by atoms with E-state index in [1.54, 1.807) is 23.1 Å². The van der Waals surface area contributed by atoms with Crippen molar-refractivity contribution in [1.29, 1.82) is 0 Å². The maximum atomic E-state index is 15.5. The van der Waals surface area contributed by atoms with E-state index < -0.39 is 6.09 Å². The molecule has 2 atom stereocenters. The number of ether oxygens (including phenoxy) is 1. The Kier molecular flexibility index (Phi) is 6.01. The van der Waals surface area contributed by atoms with Crippen molar-refractivity contribution < 1.29 is 19.0 Å². The van der Waals surface area contributed by atoms with Gasteiger partial charge in [0.25, 0.3) is 0 Å². The Morgan fingerprint density at radius 1 is 1.26 bits per heavy atom. The van der Waals surface area contributed by atoms with Crippen LogP contribution in [0.25, 0.3) is 11.1 Å². The van der Waals surface area contributed by atoms with E-state index in [4.69, 9.17) is 16.3 Å². The van der Waals surface area contributed by atoms with E-state index in [2.05, 4.69) is 18.7 Å². The van der Waals surface area contributed by atoms with Crippen LogP contribution in [0.4, 0.5) is 9.18 Å². The molecule has 4 aliphatic rings. The maximum Gasteiger partial charge on any atom is 0.408 e. The number of hydrogen-bond acceptors (Lipinski definition) is 3. The number of amides is 1. The topological polar surface area (TPSA) is 53.0 Å². The van der Waals surface area contributed by atoms with E-state index in [1.165, 1.54) is 0 Å². The van der Waals surface area contributed by atoms with Gasteiger partial charge in [-0.15, -0.1) is 0 Å². The van der Waals surface area contributed by atoms with E-state index in [-0.39, 0.29) is 23.3 Å². The van der Waals surface area contributed by atoms with Gasteiger partial charge in [-0.25, -0.2) is 9.18 Å². The van der Waals surface area contributed by atoms with E-state index in [0.717, 1.165) is 43.6 Å². The lowest BCUT2D eigenvalue weighted by molar-refractivity contribution is -0.0267. The summed E-state index contributed by atoms with van der Waals surface area (Å²) in [5.74, 6) is 0.585. The van der Waals surface area contributed by atoms with Crippen molar-refractivity contribution >= 4 is 17.7 Å². The minimum atomic E-state index is -0.910. The molecule has 6 rings (SSSR count). The molecule has 2 aromatic rings. The molecule has 0 unspecified atom stereocenters. The van der Waals surface area contributed by atoms with Gasteiger partial charge in [-0.1, -0.05) is 31.5 Å².